The quantitative estimate of drug-likeness (QED) is 0.752. The minimum atomic E-state index is -0.440. The Balaban J connectivity index is 1.89. The smallest absolute Gasteiger partial charge is 0.137 e. The number of hydrogen-bond donors (Lipinski definition) is 3. The summed E-state index contributed by atoms with van der Waals surface area (Å²) in [6, 6.07) is 3.97. The summed E-state index contributed by atoms with van der Waals surface area (Å²) in [7, 11) is 0. The van der Waals surface area contributed by atoms with E-state index in [1.165, 1.54) is 12.4 Å². The third-order valence-electron chi connectivity index (χ3n) is 2.74. The van der Waals surface area contributed by atoms with Crippen molar-refractivity contribution in [3.05, 3.63) is 41.7 Å². The van der Waals surface area contributed by atoms with Crippen LogP contribution in [0.15, 0.2) is 24.5 Å². The number of aromatic hydroxyl groups is 1. The van der Waals surface area contributed by atoms with Crippen LogP contribution in [-0.4, -0.2) is 26.8 Å². The summed E-state index contributed by atoms with van der Waals surface area (Å²) in [5, 5.41) is 19.4. The molecule has 2 aromatic rings. The zero-order valence-corrected chi connectivity index (χ0v) is 10.0. The fourth-order valence-electron chi connectivity index (χ4n) is 1.75. The molecule has 1 aromatic heterocycles. The monoisotopic (exact) mass is 250 g/mol. The van der Waals surface area contributed by atoms with Crippen LogP contribution in [0.5, 0.6) is 5.75 Å². The lowest BCUT2D eigenvalue weighted by atomic mass is 10.1. The molecule has 6 heteroatoms. The highest BCUT2D eigenvalue weighted by Crippen LogP contribution is 2.24. The van der Waals surface area contributed by atoms with E-state index in [0.29, 0.717) is 18.5 Å². The van der Waals surface area contributed by atoms with E-state index in [1.54, 1.807) is 6.07 Å². The number of H-pyrrole nitrogens is 1. The number of phenolic OH excluding ortho intramolecular Hbond substituents is 1. The third kappa shape index (κ3) is 3.04. The van der Waals surface area contributed by atoms with Gasteiger partial charge in [0.05, 0.1) is 0 Å². The molecule has 0 bridgehead atoms. The van der Waals surface area contributed by atoms with Gasteiger partial charge in [0.25, 0.3) is 0 Å². The lowest BCUT2D eigenvalue weighted by Crippen LogP contribution is -2.21. The number of hydrogen-bond acceptors (Lipinski definition) is 4. The number of halogens is 1. The molecule has 2 rings (SSSR count). The molecular formula is C12H15FN4O. The summed E-state index contributed by atoms with van der Waals surface area (Å²) in [5.41, 5.74) is 0.675. The molecule has 3 N–H and O–H groups in total. The molecule has 0 spiro atoms. The van der Waals surface area contributed by atoms with Gasteiger partial charge < -0.3 is 10.4 Å². The van der Waals surface area contributed by atoms with Crippen LogP contribution in [0.1, 0.15) is 24.4 Å². The Morgan fingerprint density at radius 2 is 2.33 bits per heavy atom. The number of nitrogens with zero attached hydrogens (tertiary/aromatic N) is 2. The van der Waals surface area contributed by atoms with Crippen LogP contribution in [0.2, 0.25) is 0 Å². The highest BCUT2D eigenvalue weighted by molar-refractivity contribution is 5.34. The second-order valence-electron chi connectivity index (χ2n) is 4.06. The summed E-state index contributed by atoms with van der Waals surface area (Å²) in [6.45, 7) is 2.60. The molecule has 5 nitrogen and oxygen atoms in total. The van der Waals surface area contributed by atoms with Crippen LogP contribution in [0, 0.1) is 5.82 Å². The van der Waals surface area contributed by atoms with E-state index in [1.807, 2.05) is 6.92 Å². The van der Waals surface area contributed by atoms with Gasteiger partial charge in [0.1, 0.15) is 23.7 Å². The van der Waals surface area contributed by atoms with Crippen LogP contribution < -0.4 is 5.32 Å². The number of phenols is 1. The highest BCUT2D eigenvalue weighted by Gasteiger charge is 2.10. The number of rotatable bonds is 5. The van der Waals surface area contributed by atoms with Gasteiger partial charge in [-0.2, -0.15) is 5.10 Å². The average molecular weight is 250 g/mol. The minimum absolute atomic E-state index is 0.0327. The molecule has 0 radical (unpaired) electrons. The maximum Gasteiger partial charge on any atom is 0.137 e. The zero-order chi connectivity index (χ0) is 13.0. The first kappa shape index (κ1) is 12.5. The lowest BCUT2D eigenvalue weighted by molar-refractivity contribution is 0.447. The van der Waals surface area contributed by atoms with Crippen molar-refractivity contribution in [3.63, 3.8) is 0 Å². The number of benzene rings is 1. The molecule has 1 aromatic carbocycles. The second kappa shape index (κ2) is 5.59. The molecule has 1 heterocycles. The van der Waals surface area contributed by atoms with Crippen molar-refractivity contribution in [2.45, 2.75) is 19.4 Å². The number of aromatic amines is 1. The van der Waals surface area contributed by atoms with E-state index in [0.717, 1.165) is 11.9 Å². The van der Waals surface area contributed by atoms with Crippen molar-refractivity contribution in [2.75, 3.05) is 6.54 Å². The van der Waals surface area contributed by atoms with E-state index in [-0.39, 0.29) is 11.8 Å². The minimum Gasteiger partial charge on any atom is -0.508 e. The molecular weight excluding hydrogens is 235 g/mol. The summed E-state index contributed by atoms with van der Waals surface area (Å²) in [4.78, 5) is 4.01. The van der Waals surface area contributed by atoms with Crippen LogP contribution in [-0.2, 0) is 6.42 Å². The summed E-state index contributed by atoms with van der Waals surface area (Å²) in [6.07, 6.45) is 2.18. The van der Waals surface area contributed by atoms with Crippen LogP contribution >= 0.6 is 0 Å². The summed E-state index contributed by atoms with van der Waals surface area (Å²) in [5.74, 6) is 0.331. The third-order valence-corrected chi connectivity index (χ3v) is 2.74. The van der Waals surface area contributed by atoms with E-state index in [2.05, 4.69) is 20.5 Å². The average Bonchev–Trinajstić information content (AvgIpc) is 2.81. The van der Waals surface area contributed by atoms with Gasteiger partial charge in [-0.25, -0.2) is 9.37 Å². The van der Waals surface area contributed by atoms with Gasteiger partial charge in [-0.15, -0.1) is 0 Å². The van der Waals surface area contributed by atoms with Gasteiger partial charge in [-0.05, 0) is 13.0 Å². The number of aromatic nitrogens is 3. The van der Waals surface area contributed by atoms with Gasteiger partial charge in [0.15, 0.2) is 0 Å². The van der Waals surface area contributed by atoms with E-state index >= 15 is 0 Å². The Bertz CT molecular complexity index is 501. The molecule has 0 fully saturated rings. The molecule has 96 valence electrons. The van der Waals surface area contributed by atoms with Crippen molar-refractivity contribution in [3.8, 4) is 5.75 Å². The van der Waals surface area contributed by atoms with Crippen molar-refractivity contribution in [2.24, 2.45) is 0 Å². The first-order valence-electron chi connectivity index (χ1n) is 5.73. The Labute approximate surface area is 104 Å². The largest absolute Gasteiger partial charge is 0.508 e. The summed E-state index contributed by atoms with van der Waals surface area (Å²) < 4.78 is 12.8. The van der Waals surface area contributed by atoms with E-state index in [4.69, 9.17) is 0 Å². The van der Waals surface area contributed by atoms with Gasteiger partial charge in [-0.3, -0.25) is 5.10 Å². The Hall–Kier alpha value is -1.95. The van der Waals surface area contributed by atoms with Crippen LogP contribution in [0.25, 0.3) is 0 Å². The Kier molecular flexibility index (Phi) is 3.88. The number of nitrogens with one attached hydrogen (secondary N) is 2. The molecule has 1 unspecified atom stereocenters. The Morgan fingerprint density at radius 3 is 3.00 bits per heavy atom. The first-order chi connectivity index (χ1) is 8.66. The topological polar surface area (TPSA) is 73.8 Å². The second-order valence-corrected chi connectivity index (χ2v) is 4.06. The van der Waals surface area contributed by atoms with Crippen molar-refractivity contribution >= 4 is 0 Å². The molecule has 0 saturated heterocycles. The van der Waals surface area contributed by atoms with Gasteiger partial charge in [0.2, 0.25) is 0 Å². The molecule has 18 heavy (non-hydrogen) atoms. The molecule has 0 aliphatic heterocycles. The van der Waals surface area contributed by atoms with Gasteiger partial charge in [0, 0.05) is 30.6 Å². The van der Waals surface area contributed by atoms with Crippen molar-refractivity contribution in [1.29, 1.82) is 0 Å². The fourth-order valence-corrected chi connectivity index (χ4v) is 1.75. The molecule has 0 amide bonds. The summed E-state index contributed by atoms with van der Waals surface area (Å²) >= 11 is 0. The highest BCUT2D eigenvalue weighted by atomic mass is 19.1. The maximum absolute atomic E-state index is 12.8. The molecule has 1 atom stereocenters. The van der Waals surface area contributed by atoms with Gasteiger partial charge in [-0.1, -0.05) is 6.07 Å². The standard InChI is InChI=1S/C12H15FN4O/c1-8(10-3-2-9(13)6-11(10)18)14-5-4-12-15-7-16-17-12/h2-3,6-8,14,18H,4-5H2,1H3,(H,15,16,17). The zero-order valence-electron chi connectivity index (χ0n) is 10.0. The SMILES string of the molecule is CC(NCCc1ncn[nH]1)c1ccc(F)cc1O. The Morgan fingerprint density at radius 1 is 1.50 bits per heavy atom. The normalized spacial score (nSPS) is 12.6. The van der Waals surface area contributed by atoms with E-state index < -0.39 is 5.82 Å². The first-order valence-corrected chi connectivity index (χ1v) is 5.73. The molecule has 0 saturated carbocycles. The predicted octanol–water partition coefficient (Wildman–Crippen LogP) is 1.54. The molecule has 0 aliphatic rings. The van der Waals surface area contributed by atoms with Crippen LogP contribution in [0.4, 0.5) is 4.39 Å². The molecule has 0 aliphatic carbocycles. The van der Waals surface area contributed by atoms with Gasteiger partial charge >= 0.3 is 0 Å². The van der Waals surface area contributed by atoms with E-state index in [9.17, 15) is 9.50 Å². The maximum atomic E-state index is 12.8. The van der Waals surface area contributed by atoms with Crippen molar-refractivity contribution in [1.82, 2.24) is 20.5 Å². The predicted molar refractivity (Wildman–Crippen MR) is 64.6 cm³/mol. The fraction of sp³-hybridized carbons (Fsp3) is 0.333. The lowest BCUT2D eigenvalue weighted by Gasteiger charge is -2.15. The van der Waals surface area contributed by atoms with Crippen molar-refractivity contribution < 1.29 is 9.50 Å². The van der Waals surface area contributed by atoms with Crippen LogP contribution in [0.3, 0.4) is 0 Å².